The standard InChI is InChI=1S/C15H15ClN4O2S2/c16-10-6-1-2-7-11(10)17-12(21)8-23-15-20-19-14(24-15)18-13(22)9-4-3-5-9/h1-2,6-7,9H,3-5,8H2,(H,17,21)(H,18,19,22). The number of hydrogen-bond donors (Lipinski definition) is 2. The van der Waals surface area contributed by atoms with Gasteiger partial charge in [-0.2, -0.15) is 0 Å². The number of rotatable bonds is 6. The van der Waals surface area contributed by atoms with Gasteiger partial charge in [-0.05, 0) is 25.0 Å². The van der Waals surface area contributed by atoms with Crippen LogP contribution in [-0.2, 0) is 9.59 Å². The van der Waals surface area contributed by atoms with Crippen LogP contribution >= 0.6 is 34.7 Å². The van der Waals surface area contributed by atoms with Crippen LogP contribution in [-0.4, -0.2) is 27.8 Å². The average molecular weight is 383 g/mol. The van der Waals surface area contributed by atoms with Crippen molar-refractivity contribution < 1.29 is 9.59 Å². The second kappa shape index (κ2) is 7.96. The van der Waals surface area contributed by atoms with Crippen LogP contribution in [0.5, 0.6) is 0 Å². The first-order valence-electron chi connectivity index (χ1n) is 7.43. The summed E-state index contributed by atoms with van der Waals surface area (Å²) >= 11 is 8.53. The Balaban J connectivity index is 1.47. The predicted octanol–water partition coefficient (Wildman–Crippen LogP) is 3.66. The molecule has 2 amide bonds. The maximum Gasteiger partial charge on any atom is 0.234 e. The van der Waals surface area contributed by atoms with Gasteiger partial charge < -0.3 is 10.6 Å². The molecule has 0 bridgehead atoms. The molecule has 0 saturated heterocycles. The minimum Gasteiger partial charge on any atom is -0.324 e. The summed E-state index contributed by atoms with van der Waals surface area (Å²) in [5.41, 5.74) is 0.579. The van der Waals surface area contributed by atoms with Crippen LogP contribution in [0.1, 0.15) is 19.3 Å². The van der Waals surface area contributed by atoms with Crippen LogP contribution < -0.4 is 10.6 Å². The van der Waals surface area contributed by atoms with Crippen molar-refractivity contribution >= 4 is 57.3 Å². The molecule has 1 aliphatic carbocycles. The third-order valence-electron chi connectivity index (χ3n) is 3.59. The van der Waals surface area contributed by atoms with Crippen molar-refractivity contribution in [2.45, 2.75) is 23.6 Å². The molecule has 1 aliphatic rings. The number of nitrogens with zero attached hydrogens (tertiary/aromatic N) is 2. The van der Waals surface area contributed by atoms with Gasteiger partial charge in [0.1, 0.15) is 0 Å². The zero-order chi connectivity index (χ0) is 16.9. The summed E-state index contributed by atoms with van der Waals surface area (Å²) in [6, 6.07) is 7.06. The summed E-state index contributed by atoms with van der Waals surface area (Å²) in [6.07, 6.45) is 2.98. The van der Waals surface area contributed by atoms with Crippen LogP contribution in [0.15, 0.2) is 28.6 Å². The quantitative estimate of drug-likeness (QED) is 0.588. The number of benzene rings is 1. The van der Waals surface area contributed by atoms with Crippen molar-refractivity contribution in [2.24, 2.45) is 5.92 Å². The predicted molar refractivity (Wildman–Crippen MR) is 96.7 cm³/mol. The summed E-state index contributed by atoms with van der Waals surface area (Å²) < 4.78 is 0.633. The lowest BCUT2D eigenvalue weighted by molar-refractivity contribution is -0.122. The van der Waals surface area contributed by atoms with Crippen molar-refractivity contribution in [1.82, 2.24) is 10.2 Å². The summed E-state index contributed by atoms with van der Waals surface area (Å²) in [5, 5.41) is 14.4. The molecule has 126 valence electrons. The van der Waals surface area contributed by atoms with Gasteiger partial charge in [0.2, 0.25) is 16.9 Å². The largest absolute Gasteiger partial charge is 0.324 e. The van der Waals surface area contributed by atoms with Gasteiger partial charge in [-0.25, -0.2) is 0 Å². The molecule has 24 heavy (non-hydrogen) atoms. The molecule has 2 aromatic rings. The third kappa shape index (κ3) is 4.46. The first kappa shape index (κ1) is 17.2. The van der Waals surface area contributed by atoms with E-state index in [4.69, 9.17) is 11.6 Å². The van der Waals surface area contributed by atoms with E-state index in [1.807, 2.05) is 0 Å². The molecule has 2 N–H and O–H groups in total. The molecule has 0 radical (unpaired) electrons. The summed E-state index contributed by atoms with van der Waals surface area (Å²) in [7, 11) is 0. The Labute approximate surface area is 152 Å². The van der Waals surface area contributed by atoms with Gasteiger partial charge in [0.25, 0.3) is 0 Å². The Hall–Kier alpha value is -1.64. The summed E-state index contributed by atoms with van der Waals surface area (Å²) in [4.78, 5) is 23.8. The van der Waals surface area contributed by atoms with Gasteiger partial charge in [0, 0.05) is 5.92 Å². The first-order valence-corrected chi connectivity index (χ1v) is 9.61. The van der Waals surface area contributed by atoms with Gasteiger partial charge in [0.15, 0.2) is 4.34 Å². The highest BCUT2D eigenvalue weighted by molar-refractivity contribution is 8.01. The minimum atomic E-state index is -0.177. The maximum atomic E-state index is 12.0. The van der Waals surface area contributed by atoms with E-state index >= 15 is 0 Å². The van der Waals surface area contributed by atoms with E-state index < -0.39 is 0 Å². The van der Waals surface area contributed by atoms with Gasteiger partial charge in [-0.3, -0.25) is 9.59 Å². The number of halogens is 1. The summed E-state index contributed by atoms with van der Waals surface area (Å²) in [5.74, 6) is 0.122. The molecule has 1 saturated carbocycles. The molecular weight excluding hydrogens is 368 g/mol. The van der Waals surface area contributed by atoms with Gasteiger partial charge >= 0.3 is 0 Å². The fourth-order valence-corrected chi connectivity index (χ4v) is 3.81. The number of aromatic nitrogens is 2. The molecule has 9 heteroatoms. The molecular formula is C15H15ClN4O2S2. The van der Waals surface area contributed by atoms with Crippen molar-refractivity contribution in [2.75, 3.05) is 16.4 Å². The molecule has 0 aliphatic heterocycles. The highest BCUT2D eigenvalue weighted by atomic mass is 35.5. The molecule has 1 aromatic carbocycles. The number of carbonyl (C=O) groups excluding carboxylic acids is 2. The Morgan fingerprint density at radius 1 is 1.25 bits per heavy atom. The number of anilines is 2. The second-order valence-electron chi connectivity index (χ2n) is 5.31. The smallest absolute Gasteiger partial charge is 0.234 e. The number of nitrogens with one attached hydrogen (secondary N) is 2. The van der Waals surface area contributed by atoms with Crippen molar-refractivity contribution in [3.8, 4) is 0 Å². The van der Waals surface area contributed by atoms with Gasteiger partial charge in [-0.15, -0.1) is 10.2 Å². The van der Waals surface area contributed by atoms with E-state index in [1.54, 1.807) is 24.3 Å². The van der Waals surface area contributed by atoms with E-state index in [0.717, 1.165) is 19.3 Å². The maximum absolute atomic E-state index is 12.0. The molecule has 1 heterocycles. The number of thioether (sulfide) groups is 1. The Bertz CT molecular complexity index is 749. The number of carbonyl (C=O) groups is 2. The SMILES string of the molecule is O=C(CSc1nnc(NC(=O)C2CCC2)s1)Nc1ccccc1Cl. The zero-order valence-electron chi connectivity index (χ0n) is 12.6. The lowest BCUT2D eigenvalue weighted by Crippen LogP contribution is -2.27. The van der Waals surface area contributed by atoms with E-state index in [0.29, 0.717) is 20.2 Å². The number of hydrogen-bond acceptors (Lipinski definition) is 6. The highest BCUT2D eigenvalue weighted by Crippen LogP contribution is 2.30. The van der Waals surface area contributed by atoms with Gasteiger partial charge in [0.05, 0.1) is 16.5 Å². The Morgan fingerprint density at radius 3 is 2.75 bits per heavy atom. The van der Waals surface area contributed by atoms with E-state index in [1.165, 1.54) is 23.1 Å². The Morgan fingerprint density at radius 2 is 2.04 bits per heavy atom. The zero-order valence-corrected chi connectivity index (χ0v) is 15.0. The average Bonchev–Trinajstić information content (AvgIpc) is 2.93. The fraction of sp³-hybridized carbons (Fsp3) is 0.333. The minimum absolute atomic E-state index is 0.00501. The Kier molecular flexibility index (Phi) is 5.70. The van der Waals surface area contributed by atoms with Crippen molar-refractivity contribution in [3.63, 3.8) is 0 Å². The molecule has 0 atom stereocenters. The first-order chi connectivity index (χ1) is 11.6. The molecule has 1 fully saturated rings. The molecule has 3 rings (SSSR count). The van der Waals surface area contributed by atoms with Crippen LogP contribution in [0, 0.1) is 5.92 Å². The fourth-order valence-electron chi connectivity index (χ4n) is 2.07. The van der Waals surface area contributed by atoms with Crippen LogP contribution in [0.2, 0.25) is 5.02 Å². The molecule has 6 nitrogen and oxygen atoms in total. The topological polar surface area (TPSA) is 84.0 Å². The van der Waals surface area contributed by atoms with Crippen LogP contribution in [0.3, 0.4) is 0 Å². The normalized spacial score (nSPS) is 14.0. The summed E-state index contributed by atoms with van der Waals surface area (Å²) in [6.45, 7) is 0. The lowest BCUT2D eigenvalue weighted by Gasteiger charge is -2.23. The third-order valence-corrected chi connectivity index (χ3v) is 5.89. The van der Waals surface area contributed by atoms with E-state index in [2.05, 4.69) is 20.8 Å². The molecule has 0 unspecified atom stereocenters. The van der Waals surface area contributed by atoms with Crippen LogP contribution in [0.25, 0.3) is 0 Å². The molecule has 1 aromatic heterocycles. The second-order valence-corrected chi connectivity index (χ2v) is 7.91. The monoisotopic (exact) mass is 382 g/mol. The van der Waals surface area contributed by atoms with E-state index in [9.17, 15) is 9.59 Å². The molecule has 0 spiro atoms. The van der Waals surface area contributed by atoms with Crippen LogP contribution in [0.4, 0.5) is 10.8 Å². The van der Waals surface area contributed by atoms with Crippen molar-refractivity contribution in [3.05, 3.63) is 29.3 Å². The number of para-hydroxylation sites is 1. The highest BCUT2D eigenvalue weighted by Gasteiger charge is 2.26. The van der Waals surface area contributed by atoms with Gasteiger partial charge in [-0.1, -0.05) is 53.3 Å². The van der Waals surface area contributed by atoms with Crippen molar-refractivity contribution in [1.29, 1.82) is 0 Å². The number of amides is 2. The lowest BCUT2D eigenvalue weighted by atomic mass is 9.85. The van der Waals surface area contributed by atoms with E-state index in [-0.39, 0.29) is 23.5 Å².